The lowest BCUT2D eigenvalue weighted by atomic mass is 9.98. The number of carbonyl (C=O) groups is 2. The van der Waals surface area contributed by atoms with Gasteiger partial charge in [-0.3, -0.25) is 14.7 Å². The smallest absolute Gasteiger partial charge is 0.325 e. The van der Waals surface area contributed by atoms with Gasteiger partial charge in [0.25, 0.3) is 5.91 Å². The molecule has 8 heteroatoms. The zero-order chi connectivity index (χ0) is 14.0. The first kappa shape index (κ1) is 16.3. The lowest BCUT2D eigenvalue weighted by molar-refractivity contribution is -0.131. The monoisotopic (exact) mass is 407 g/mol. The van der Waals surface area contributed by atoms with Crippen molar-refractivity contribution >= 4 is 41.9 Å². The Morgan fingerprint density at radius 2 is 2.00 bits per heavy atom. The van der Waals surface area contributed by atoms with E-state index < -0.39 is 5.54 Å². The van der Waals surface area contributed by atoms with Crippen LogP contribution in [0.15, 0.2) is 4.99 Å². The van der Waals surface area contributed by atoms with Crippen molar-refractivity contribution in [3.63, 3.8) is 0 Å². The second-order valence-corrected chi connectivity index (χ2v) is 5.61. The van der Waals surface area contributed by atoms with E-state index in [2.05, 4.69) is 20.9 Å². The fourth-order valence-corrected chi connectivity index (χ4v) is 3.13. The molecule has 1 saturated carbocycles. The Hall–Kier alpha value is -1.06. The van der Waals surface area contributed by atoms with E-state index in [4.69, 9.17) is 0 Å². The Labute approximate surface area is 141 Å². The highest BCUT2D eigenvalue weighted by Crippen LogP contribution is 2.34. The number of imide groups is 1. The number of halogens is 1. The van der Waals surface area contributed by atoms with Gasteiger partial charge in [0.05, 0.1) is 0 Å². The average molecular weight is 407 g/mol. The molecule has 3 amide bonds. The van der Waals surface area contributed by atoms with Gasteiger partial charge in [0.1, 0.15) is 5.54 Å². The topological polar surface area (TPSA) is 85.8 Å². The highest BCUT2D eigenvalue weighted by atomic mass is 127. The summed E-state index contributed by atoms with van der Waals surface area (Å²) >= 11 is 0. The molecule has 1 aliphatic carbocycles. The van der Waals surface area contributed by atoms with Crippen molar-refractivity contribution in [2.24, 2.45) is 4.99 Å². The summed E-state index contributed by atoms with van der Waals surface area (Å²) in [6.07, 6.45) is 4.62. The third-order valence-corrected chi connectivity index (χ3v) is 4.23. The van der Waals surface area contributed by atoms with E-state index in [1.54, 1.807) is 0 Å². The van der Waals surface area contributed by atoms with Crippen molar-refractivity contribution in [1.82, 2.24) is 20.9 Å². The van der Waals surface area contributed by atoms with Crippen molar-refractivity contribution in [3.05, 3.63) is 0 Å². The van der Waals surface area contributed by atoms with Crippen LogP contribution in [-0.4, -0.2) is 54.5 Å². The molecule has 2 aliphatic heterocycles. The van der Waals surface area contributed by atoms with Crippen molar-refractivity contribution < 1.29 is 9.59 Å². The van der Waals surface area contributed by atoms with Gasteiger partial charge in [-0.1, -0.05) is 12.8 Å². The third kappa shape index (κ3) is 3.24. The molecule has 21 heavy (non-hydrogen) atoms. The first-order valence-corrected chi connectivity index (χ1v) is 7.38. The summed E-state index contributed by atoms with van der Waals surface area (Å²) in [4.78, 5) is 30.0. The molecule has 0 atom stereocenters. The fourth-order valence-electron chi connectivity index (χ4n) is 3.13. The Morgan fingerprint density at radius 1 is 1.24 bits per heavy atom. The Morgan fingerprint density at radius 3 is 2.67 bits per heavy atom. The normalized spacial score (nSPS) is 23.4. The Balaban J connectivity index is 0.00000161. The maximum atomic E-state index is 12.4. The number of nitrogens with one attached hydrogen (secondary N) is 3. The number of urea groups is 1. The van der Waals surface area contributed by atoms with Crippen LogP contribution in [0, 0.1) is 0 Å². The number of guanidine groups is 1. The predicted octanol–water partition coefficient (Wildman–Crippen LogP) is 0.408. The fraction of sp³-hybridized carbons (Fsp3) is 0.769. The number of aliphatic imine (C=N–C) groups is 1. The number of hydrogen-bond donors (Lipinski definition) is 3. The molecule has 2 fully saturated rings. The van der Waals surface area contributed by atoms with Crippen molar-refractivity contribution in [3.8, 4) is 0 Å². The van der Waals surface area contributed by atoms with Crippen LogP contribution >= 0.6 is 24.0 Å². The van der Waals surface area contributed by atoms with Crippen molar-refractivity contribution in [2.45, 2.75) is 37.6 Å². The number of carbonyl (C=O) groups excluding carboxylic acids is 2. The molecule has 3 aliphatic rings. The molecule has 3 N–H and O–H groups in total. The van der Waals surface area contributed by atoms with E-state index in [0.717, 1.165) is 51.2 Å². The van der Waals surface area contributed by atoms with Crippen LogP contribution in [0.5, 0.6) is 0 Å². The van der Waals surface area contributed by atoms with Crippen LogP contribution in [0.4, 0.5) is 4.79 Å². The van der Waals surface area contributed by atoms with Gasteiger partial charge in [0, 0.05) is 26.2 Å². The largest absolute Gasteiger partial charge is 0.356 e. The van der Waals surface area contributed by atoms with Gasteiger partial charge >= 0.3 is 6.03 Å². The summed E-state index contributed by atoms with van der Waals surface area (Å²) in [5.74, 6) is 0.708. The standard InChI is InChI=1S/C13H21N5O2.HI/c19-10-13(4-1-2-5-13)17-12(20)18(10)9-8-16-11-14-6-3-7-15-11;/h1-9H2,(H,17,20)(H2,14,15,16);1H. The number of rotatable bonds is 3. The lowest BCUT2D eigenvalue weighted by Gasteiger charge is -2.21. The lowest BCUT2D eigenvalue weighted by Crippen LogP contribution is -2.46. The zero-order valence-electron chi connectivity index (χ0n) is 12.0. The minimum Gasteiger partial charge on any atom is -0.356 e. The maximum Gasteiger partial charge on any atom is 0.325 e. The molecule has 0 aromatic carbocycles. The predicted molar refractivity (Wildman–Crippen MR) is 89.8 cm³/mol. The summed E-state index contributed by atoms with van der Waals surface area (Å²) in [5.41, 5.74) is -0.600. The van der Waals surface area contributed by atoms with Gasteiger partial charge < -0.3 is 16.0 Å². The number of amides is 3. The second kappa shape index (κ2) is 6.80. The van der Waals surface area contributed by atoms with Crippen molar-refractivity contribution in [1.29, 1.82) is 0 Å². The van der Waals surface area contributed by atoms with Gasteiger partial charge in [0.2, 0.25) is 0 Å². The Kier molecular flexibility index (Phi) is 5.28. The first-order valence-electron chi connectivity index (χ1n) is 7.38. The molecule has 7 nitrogen and oxygen atoms in total. The van der Waals surface area contributed by atoms with Gasteiger partial charge in [-0.25, -0.2) is 4.79 Å². The first-order chi connectivity index (χ1) is 9.71. The molecular formula is C13H22IN5O2. The molecule has 0 bridgehead atoms. The summed E-state index contributed by atoms with van der Waals surface area (Å²) in [6, 6.07) is -0.253. The van der Waals surface area contributed by atoms with Crippen LogP contribution in [0.25, 0.3) is 0 Å². The minimum atomic E-state index is -0.600. The van der Waals surface area contributed by atoms with Crippen LogP contribution in [0.3, 0.4) is 0 Å². The molecule has 0 aromatic rings. The van der Waals surface area contributed by atoms with Gasteiger partial charge in [-0.05, 0) is 19.3 Å². The number of nitrogens with zero attached hydrogens (tertiary/aromatic N) is 2. The molecule has 0 radical (unpaired) electrons. The summed E-state index contributed by atoms with van der Waals surface area (Å²) in [6.45, 7) is 2.65. The molecule has 0 unspecified atom stereocenters. The average Bonchev–Trinajstić information content (AvgIpc) is 3.01. The quantitative estimate of drug-likeness (QED) is 0.468. The van der Waals surface area contributed by atoms with E-state index in [1.165, 1.54) is 4.90 Å². The minimum absolute atomic E-state index is 0. The summed E-state index contributed by atoms with van der Waals surface area (Å²) in [5, 5.41) is 9.17. The van der Waals surface area contributed by atoms with E-state index in [0.29, 0.717) is 13.1 Å². The Bertz CT molecular complexity index is 448. The highest BCUT2D eigenvalue weighted by Gasteiger charge is 2.52. The molecule has 0 aromatic heterocycles. The SMILES string of the molecule is I.O=C1NC2(CCCC2)C(=O)N1CCNC1=NCCCN1. The van der Waals surface area contributed by atoms with E-state index in [9.17, 15) is 9.59 Å². The van der Waals surface area contributed by atoms with Crippen LogP contribution in [0.1, 0.15) is 32.1 Å². The second-order valence-electron chi connectivity index (χ2n) is 5.61. The molecule has 2 heterocycles. The van der Waals surface area contributed by atoms with Gasteiger partial charge in [-0.15, -0.1) is 24.0 Å². The third-order valence-electron chi connectivity index (χ3n) is 4.23. The van der Waals surface area contributed by atoms with E-state index in [1.807, 2.05) is 0 Å². The summed E-state index contributed by atoms with van der Waals surface area (Å²) < 4.78 is 0. The highest BCUT2D eigenvalue weighted by molar-refractivity contribution is 14.0. The molecule has 118 valence electrons. The van der Waals surface area contributed by atoms with Gasteiger partial charge in [-0.2, -0.15) is 0 Å². The van der Waals surface area contributed by atoms with Crippen LogP contribution < -0.4 is 16.0 Å². The van der Waals surface area contributed by atoms with E-state index in [-0.39, 0.29) is 35.9 Å². The van der Waals surface area contributed by atoms with E-state index >= 15 is 0 Å². The van der Waals surface area contributed by atoms with Crippen LogP contribution in [0.2, 0.25) is 0 Å². The zero-order valence-corrected chi connectivity index (χ0v) is 14.3. The van der Waals surface area contributed by atoms with Crippen LogP contribution in [-0.2, 0) is 4.79 Å². The maximum absolute atomic E-state index is 12.4. The molecule has 1 saturated heterocycles. The molecule has 1 spiro atoms. The molecular weight excluding hydrogens is 385 g/mol. The molecule has 3 rings (SSSR count). The van der Waals surface area contributed by atoms with Gasteiger partial charge in [0.15, 0.2) is 5.96 Å². The van der Waals surface area contributed by atoms with Crippen molar-refractivity contribution in [2.75, 3.05) is 26.2 Å². The summed E-state index contributed by atoms with van der Waals surface area (Å²) in [7, 11) is 0. The number of hydrogen-bond acceptors (Lipinski definition) is 5.